The number of rotatable bonds is 6. The largest absolute Gasteiger partial charge is 0.497 e. The summed E-state index contributed by atoms with van der Waals surface area (Å²) in [7, 11) is 7.67. The van der Waals surface area contributed by atoms with E-state index in [4.69, 9.17) is 9.72 Å². The van der Waals surface area contributed by atoms with Gasteiger partial charge in [-0.2, -0.15) is 0 Å². The fraction of sp³-hybridized carbons (Fsp3) is 0.310. The van der Waals surface area contributed by atoms with Crippen LogP contribution in [0.15, 0.2) is 72.9 Å². The summed E-state index contributed by atoms with van der Waals surface area (Å²) in [6.45, 7) is 1.57. The number of hydrogen-bond acceptors (Lipinski definition) is 5. The molecule has 1 aliphatic heterocycles. The first-order valence-electron chi connectivity index (χ1n) is 12.3. The van der Waals surface area contributed by atoms with Crippen LogP contribution in [0.5, 0.6) is 5.75 Å². The molecule has 36 heavy (non-hydrogen) atoms. The molecule has 0 spiro atoms. The molecule has 188 valence electrons. The van der Waals surface area contributed by atoms with Gasteiger partial charge in [-0.1, -0.05) is 24.3 Å². The van der Waals surface area contributed by atoms with Gasteiger partial charge in [0.15, 0.2) is 0 Å². The fourth-order valence-corrected chi connectivity index (χ4v) is 4.58. The highest BCUT2D eigenvalue weighted by molar-refractivity contribution is 5.78. The van der Waals surface area contributed by atoms with E-state index in [-0.39, 0.29) is 5.92 Å². The summed E-state index contributed by atoms with van der Waals surface area (Å²) in [6.07, 6.45) is 5.07. The molecule has 7 heteroatoms. The Kier molecular flexibility index (Phi) is 8.10. The Bertz CT molecular complexity index is 1300. The van der Waals surface area contributed by atoms with E-state index < -0.39 is 0 Å². The molecule has 5 rings (SSSR count). The lowest BCUT2D eigenvalue weighted by molar-refractivity contribution is -0.119. The molecule has 2 aromatic carbocycles. The van der Waals surface area contributed by atoms with Gasteiger partial charge in [0, 0.05) is 63.3 Å². The smallest absolute Gasteiger partial charge is 0.209 e. The molecule has 1 fully saturated rings. The number of methoxy groups -OCH3 is 1. The zero-order valence-corrected chi connectivity index (χ0v) is 21.5. The lowest BCUT2D eigenvalue weighted by Crippen LogP contribution is -2.33. The second-order valence-electron chi connectivity index (χ2n) is 9.14. The summed E-state index contributed by atoms with van der Waals surface area (Å²) in [4.78, 5) is 20.1. The summed E-state index contributed by atoms with van der Waals surface area (Å²) in [5.74, 6) is 2.11. The molecule has 1 unspecified atom stereocenters. The number of anilines is 2. The Hall–Kier alpha value is -4.00. The molecule has 4 aromatic rings. The maximum atomic E-state index is 11.2. The molecule has 1 atom stereocenters. The van der Waals surface area contributed by atoms with Gasteiger partial charge in [0.25, 0.3) is 0 Å². The number of nitrogens with one attached hydrogen (secondary N) is 1. The van der Waals surface area contributed by atoms with E-state index >= 15 is 0 Å². The number of imidazole rings is 1. The number of likely N-dealkylation sites (tertiary alicyclic amines) is 1. The minimum atomic E-state index is 0.258. The Labute approximate surface area is 213 Å². The number of fused-ring (bicyclic) bond motifs is 1. The predicted octanol–water partition coefficient (Wildman–Crippen LogP) is 5.14. The summed E-state index contributed by atoms with van der Waals surface area (Å²) in [6, 6.07) is 22.4. The molecular formula is C29H35N5O2. The van der Waals surface area contributed by atoms with Crippen LogP contribution in [-0.2, 0) is 4.79 Å². The number of pyridine rings is 1. The predicted molar refractivity (Wildman–Crippen MR) is 147 cm³/mol. The molecule has 0 radical (unpaired) electrons. The number of nitrogens with zero attached hydrogens (tertiary/aromatic N) is 4. The maximum absolute atomic E-state index is 11.2. The third-order valence-corrected chi connectivity index (χ3v) is 6.54. The van der Waals surface area contributed by atoms with Crippen molar-refractivity contribution >= 4 is 23.3 Å². The monoisotopic (exact) mass is 485 g/mol. The normalized spacial score (nSPS) is 15.1. The van der Waals surface area contributed by atoms with Crippen molar-refractivity contribution in [1.29, 1.82) is 0 Å². The van der Waals surface area contributed by atoms with E-state index in [0.717, 1.165) is 66.4 Å². The van der Waals surface area contributed by atoms with E-state index in [1.54, 1.807) is 7.11 Å². The fourth-order valence-electron chi connectivity index (χ4n) is 4.58. The third kappa shape index (κ3) is 5.62. The Balaban J connectivity index is 0.000000233. The minimum absolute atomic E-state index is 0.258. The number of piperidine rings is 1. The first kappa shape index (κ1) is 25.1. The molecule has 1 saturated heterocycles. The standard InChI is InChI=1S/C20H21N3O2.C9H14N2/c1-25-17-8-4-6-15(12-17)19-18-9-2-3-11-23(18)20(21-19)16-7-5-10-22(13-16)14-24;1-10-8-5-4-6-9(7-8)11(2)3/h2-4,6,8-9,11-12,14,16H,5,7,10,13H2,1H3;4-7,10H,1-3H3. The molecule has 1 amide bonds. The summed E-state index contributed by atoms with van der Waals surface area (Å²) < 4.78 is 7.52. The molecule has 3 heterocycles. The van der Waals surface area contributed by atoms with E-state index in [1.807, 2.05) is 68.5 Å². The van der Waals surface area contributed by atoms with Crippen LogP contribution in [0.3, 0.4) is 0 Å². The summed E-state index contributed by atoms with van der Waals surface area (Å²) in [5.41, 5.74) is 5.44. The van der Waals surface area contributed by atoms with Gasteiger partial charge in [-0.15, -0.1) is 0 Å². The average Bonchev–Trinajstić information content (AvgIpc) is 3.33. The Morgan fingerprint density at radius 3 is 2.67 bits per heavy atom. The van der Waals surface area contributed by atoms with Crippen molar-refractivity contribution in [3.05, 3.63) is 78.8 Å². The van der Waals surface area contributed by atoms with E-state index in [1.165, 1.54) is 5.69 Å². The maximum Gasteiger partial charge on any atom is 0.209 e. The molecule has 2 aromatic heterocycles. The number of hydrogen-bond donors (Lipinski definition) is 1. The van der Waals surface area contributed by atoms with Crippen LogP contribution in [0, 0.1) is 0 Å². The Morgan fingerprint density at radius 1 is 1.08 bits per heavy atom. The lowest BCUT2D eigenvalue weighted by atomic mass is 9.97. The zero-order valence-electron chi connectivity index (χ0n) is 21.5. The highest BCUT2D eigenvalue weighted by Gasteiger charge is 2.25. The van der Waals surface area contributed by atoms with Crippen LogP contribution in [0.4, 0.5) is 11.4 Å². The van der Waals surface area contributed by atoms with Crippen LogP contribution in [-0.4, -0.2) is 62.0 Å². The first-order valence-corrected chi connectivity index (χ1v) is 12.3. The van der Waals surface area contributed by atoms with Crippen molar-refractivity contribution < 1.29 is 9.53 Å². The summed E-state index contributed by atoms with van der Waals surface area (Å²) >= 11 is 0. The SMILES string of the molecule is CNc1cccc(N(C)C)c1.COc1cccc(-c2nc(C3CCCN(C=O)C3)n3ccccc23)c1. The number of benzene rings is 2. The van der Waals surface area contributed by atoms with Crippen LogP contribution in [0.1, 0.15) is 24.6 Å². The zero-order chi connectivity index (χ0) is 25.5. The molecule has 0 bridgehead atoms. The van der Waals surface area contributed by atoms with Crippen molar-refractivity contribution in [3.8, 4) is 17.0 Å². The number of amides is 1. The van der Waals surface area contributed by atoms with E-state index in [9.17, 15) is 4.79 Å². The van der Waals surface area contributed by atoms with Crippen LogP contribution >= 0.6 is 0 Å². The highest BCUT2D eigenvalue weighted by atomic mass is 16.5. The molecule has 7 nitrogen and oxygen atoms in total. The topological polar surface area (TPSA) is 62.1 Å². The van der Waals surface area contributed by atoms with Gasteiger partial charge in [-0.3, -0.25) is 4.79 Å². The van der Waals surface area contributed by atoms with Crippen LogP contribution in [0.2, 0.25) is 0 Å². The molecule has 1 aliphatic rings. The number of aromatic nitrogens is 2. The number of carbonyl (C=O) groups is 1. The molecule has 0 saturated carbocycles. The highest BCUT2D eigenvalue weighted by Crippen LogP contribution is 2.32. The number of carbonyl (C=O) groups excluding carboxylic acids is 1. The van der Waals surface area contributed by atoms with Gasteiger partial charge in [0.1, 0.15) is 11.6 Å². The van der Waals surface area contributed by atoms with Gasteiger partial charge in [-0.25, -0.2) is 4.98 Å². The van der Waals surface area contributed by atoms with Crippen molar-refractivity contribution in [1.82, 2.24) is 14.3 Å². The summed E-state index contributed by atoms with van der Waals surface area (Å²) in [5, 5.41) is 3.10. The lowest BCUT2D eigenvalue weighted by Gasteiger charge is -2.29. The number of ether oxygens (including phenoxy) is 1. The van der Waals surface area contributed by atoms with Crippen molar-refractivity contribution in [2.45, 2.75) is 18.8 Å². The molecule has 1 N–H and O–H groups in total. The van der Waals surface area contributed by atoms with Gasteiger partial charge in [0.05, 0.1) is 18.3 Å². The first-order chi connectivity index (χ1) is 17.5. The molecule has 0 aliphatic carbocycles. The van der Waals surface area contributed by atoms with Crippen molar-refractivity contribution in [2.75, 3.05) is 51.6 Å². The van der Waals surface area contributed by atoms with Gasteiger partial charge < -0.3 is 24.3 Å². The van der Waals surface area contributed by atoms with Gasteiger partial charge in [0.2, 0.25) is 6.41 Å². The second-order valence-corrected chi connectivity index (χ2v) is 9.14. The van der Waals surface area contributed by atoms with Crippen molar-refractivity contribution in [2.24, 2.45) is 0 Å². The quantitative estimate of drug-likeness (QED) is 0.383. The second kappa shape index (κ2) is 11.6. The van der Waals surface area contributed by atoms with E-state index in [2.05, 4.69) is 45.1 Å². The minimum Gasteiger partial charge on any atom is -0.497 e. The van der Waals surface area contributed by atoms with Gasteiger partial charge in [-0.05, 0) is 55.3 Å². The Morgan fingerprint density at radius 2 is 1.92 bits per heavy atom. The van der Waals surface area contributed by atoms with Crippen LogP contribution < -0.4 is 15.0 Å². The van der Waals surface area contributed by atoms with Crippen molar-refractivity contribution in [3.63, 3.8) is 0 Å². The average molecular weight is 486 g/mol. The molecular weight excluding hydrogens is 450 g/mol. The van der Waals surface area contributed by atoms with Crippen LogP contribution in [0.25, 0.3) is 16.8 Å². The van der Waals surface area contributed by atoms with Gasteiger partial charge >= 0.3 is 0 Å². The third-order valence-electron chi connectivity index (χ3n) is 6.54. The van der Waals surface area contributed by atoms with E-state index in [0.29, 0.717) is 0 Å².